The van der Waals surface area contributed by atoms with Crippen LogP contribution in [-0.2, 0) is 6.42 Å². The van der Waals surface area contributed by atoms with E-state index < -0.39 is 0 Å². The maximum atomic E-state index is 5.44. The summed E-state index contributed by atoms with van der Waals surface area (Å²) < 4.78 is 6.54. The summed E-state index contributed by atoms with van der Waals surface area (Å²) in [7, 11) is 3.70. The topological polar surface area (TPSA) is 21.3 Å². The largest absolute Gasteiger partial charge is 0.496 e. The van der Waals surface area contributed by atoms with Gasteiger partial charge in [-0.15, -0.1) is 0 Å². The molecule has 2 nitrogen and oxygen atoms in total. The quantitative estimate of drug-likeness (QED) is 0.900. The van der Waals surface area contributed by atoms with Crippen LogP contribution in [0.4, 0.5) is 0 Å². The van der Waals surface area contributed by atoms with Crippen molar-refractivity contribution >= 4 is 15.9 Å². The second kappa shape index (κ2) is 6.73. The second-order valence-electron chi connectivity index (χ2n) is 4.41. The molecule has 0 aliphatic rings. The predicted octanol–water partition coefficient (Wildman–Crippen LogP) is 3.96. The number of methoxy groups -OCH3 is 1. The minimum Gasteiger partial charge on any atom is -0.496 e. The molecule has 2 rings (SSSR count). The highest BCUT2D eigenvalue weighted by Gasteiger charge is 2.14. The van der Waals surface area contributed by atoms with Crippen LogP contribution in [0, 0.1) is 0 Å². The minimum absolute atomic E-state index is 0.248. The van der Waals surface area contributed by atoms with Crippen LogP contribution < -0.4 is 10.1 Å². The van der Waals surface area contributed by atoms with Gasteiger partial charge in [-0.05, 0) is 37.2 Å². The van der Waals surface area contributed by atoms with Crippen molar-refractivity contribution in [2.75, 3.05) is 14.2 Å². The zero-order chi connectivity index (χ0) is 13.7. The van der Waals surface area contributed by atoms with E-state index in [0.717, 1.165) is 16.6 Å². The molecule has 1 atom stereocenters. The first-order valence-corrected chi connectivity index (χ1v) is 7.08. The lowest BCUT2D eigenvalue weighted by molar-refractivity contribution is 0.401. The van der Waals surface area contributed by atoms with E-state index in [0.29, 0.717) is 0 Å². The van der Waals surface area contributed by atoms with E-state index in [2.05, 4.69) is 51.6 Å². The Morgan fingerprint density at radius 1 is 1.11 bits per heavy atom. The van der Waals surface area contributed by atoms with Crippen molar-refractivity contribution in [3.05, 3.63) is 64.1 Å². The molecule has 0 aliphatic heterocycles. The number of likely N-dealkylation sites (N-methyl/N-ethyl adjacent to an activating group) is 1. The highest BCUT2D eigenvalue weighted by atomic mass is 79.9. The third kappa shape index (κ3) is 3.58. The number of hydrogen-bond acceptors (Lipinski definition) is 2. The molecule has 0 heterocycles. The van der Waals surface area contributed by atoms with Gasteiger partial charge in [0.1, 0.15) is 5.75 Å². The van der Waals surface area contributed by atoms with Crippen LogP contribution in [-0.4, -0.2) is 14.2 Å². The van der Waals surface area contributed by atoms with Gasteiger partial charge in [0.05, 0.1) is 7.11 Å². The summed E-state index contributed by atoms with van der Waals surface area (Å²) in [4.78, 5) is 0. The SMILES string of the molecule is CNC(Cc1ccc(Br)cc1)c1ccccc1OC. The van der Waals surface area contributed by atoms with Crippen LogP contribution in [0.2, 0.25) is 0 Å². The summed E-state index contributed by atoms with van der Waals surface area (Å²) in [6.45, 7) is 0. The molecule has 0 saturated carbocycles. The van der Waals surface area contributed by atoms with Crippen molar-refractivity contribution in [2.24, 2.45) is 0 Å². The third-order valence-corrected chi connectivity index (χ3v) is 3.74. The molecule has 0 radical (unpaired) electrons. The van der Waals surface area contributed by atoms with Crippen LogP contribution in [0.1, 0.15) is 17.2 Å². The van der Waals surface area contributed by atoms with Gasteiger partial charge >= 0.3 is 0 Å². The highest BCUT2D eigenvalue weighted by Crippen LogP contribution is 2.27. The Bertz CT molecular complexity index is 525. The molecule has 0 bridgehead atoms. The van der Waals surface area contributed by atoms with E-state index in [1.807, 2.05) is 25.2 Å². The fraction of sp³-hybridized carbons (Fsp3) is 0.250. The summed E-state index contributed by atoms with van der Waals surface area (Å²) in [5, 5.41) is 3.36. The summed E-state index contributed by atoms with van der Waals surface area (Å²) in [5.74, 6) is 0.930. The first-order valence-electron chi connectivity index (χ1n) is 6.29. The molecule has 3 heteroatoms. The van der Waals surface area contributed by atoms with Crippen LogP contribution in [0.3, 0.4) is 0 Å². The maximum Gasteiger partial charge on any atom is 0.123 e. The number of ether oxygens (including phenoxy) is 1. The average molecular weight is 320 g/mol. The molecule has 0 aliphatic carbocycles. The molecule has 2 aromatic rings. The van der Waals surface area contributed by atoms with Crippen LogP contribution in [0.5, 0.6) is 5.75 Å². The van der Waals surface area contributed by atoms with E-state index >= 15 is 0 Å². The normalized spacial score (nSPS) is 12.2. The molecule has 0 saturated heterocycles. The van der Waals surface area contributed by atoms with Gasteiger partial charge < -0.3 is 10.1 Å². The lowest BCUT2D eigenvalue weighted by Crippen LogP contribution is -2.19. The second-order valence-corrected chi connectivity index (χ2v) is 5.33. The Morgan fingerprint density at radius 2 is 1.79 bits per heavy atom. The Labute approximate surface area is 122 Å². The molecule has 0 amide bonds. The van der Waals surface area contributed by atoms with Gasteiger partial charge in [0.25, 0.3) is 0 Å². The number of para-hydroxylation sites is 1. The van der Waals surface area contributed by atoms with Gasteiger partial charge in [-0.25, -0.2) is 0 Å². The number of halogens is 1. The molecule has 1 unspecified atom stereocenters. The van der Waals surface area contributed by atoms with Crippen LogP contribution >= 0.6 is 15.9 Å². The summed E-state index contributed by atoms with van der Waals surface area (Å²) in [5.41, 5.74) is 2.49. The average Bonchev–Trinajstić information content (AvgIpc) is 2.46. The van der Waals surface area contributed by atoms with Crippen molar-refractivity contribution < 1.29 is 4.74 Å². The number of hydrogen-bond donors (Lipinski definition) is 1. The molecule has 0 aromatic heterocycles. The fourth-order valence-corrected chi connectivity index (χ4v) is 2.44. The van der Waals surface area contributed by atoms with Crippen molar-refractivity contribution in [1.29, 1.82) is 0 Å². The predicted molar refractivity (Wildman–Crippen MR) is 82.6 cm³/mol. The Kier molecular flexibility index (Phi) is 5.00. The van der Waals surface area contributed by atoms with Crippen molar-refractivity contribution in [1.82, 2.24) is 5.32 Å². The lowest BCUT2D eigenvalue weighted by atomic mass is 9.98. The van der Waals surface area contributed by atoms with E-state index in [1.165, 1.54) is 11.1 Å². The maximum absolute atomic E-state index is 5.44. The summed E-state index contributed by atoms with van der Waals surface area (Å²) in [6.07, 6.45) is 0.935. The van der Waals surface area contributed by atoms with E-state index in [9.17, 15) is 0 Å². The standard InChI is InChI=1S/C16H18BrNO/c1-18-15(11-12-7-9-13(17)10-8-12)14-5-3-4-6-16(14)19-2/h3-10,15,18H,11H2,1-2H3. The van der Waals surface area contributed by atoms with Gasteiger partial charge in [-0.3, -0.25) is 0 Å². The number of rotatable bonds is 5. The van der Waals surface area contributed by atoms with Crippen molar-refractivity contribution in [3.63, 3.8) is 0 Å². The fourth-order valence-electron chi connectivity index (χ4n) is 2.18. The van der Waals surface area contributed by atoms with Gasteiger partial charge in [0, 0.05) is 16.1 Å². The zero-order valence-corrected chi connectivity index (χ0v) is 12.8. The van der Waals surface area contributed by atoms with Crippen molar-refractivity contribution in [2.45, 2.75) is 12.5 Å². The van der Waals surface area contributed by atoms with Crippen LogP contribution in [0.15, 0.2) is 53.0 Å². The van der Waals surface area contributed by atoms with Gasteiger partial charge in [0.2, 0.25) is 0 Å². The number of benzene rings is 2. The highest BCUT2D eigenvalue weighted by molar-refractivity contribution is 9.10. The Balaban J connectivity index is 2.22. The van der Waals surface area contributed by atoms with Crippen molar-refractivity contribution in [3.8, 4) is 5.75 Å². The Hall–Kier alpha value is -1.32. The molecule has 1 N–H and O–H groups in total. The summed E-state index contributed by atoms with van der Waals surface area (Å²) in [6, 6.07) is 16.8. The number of nitrogens with one attached hydrogen (secondary N) is 1. The van der Waals surface area contributed by atoms with Gasteiger partial charge in [-0.2, -0.15) is 0 Å². The summed E-state index contributed by atoms with van der Waals surface area (Å²) >= 11 is 3.46. The van der Waals surface area contributed by atoms with E-state index in [4.69, 9.17) is 4.74 Å². The molecule has 0 spiro atoms. The van der Waals surface area contributed by atoms with Crippen LogP contribution in [0.25, 0.3) is 0 Å². The lowest BCUT2D eigenvalue weighted by Gasteiger charge is -2.19. The molecule has 2 aromatic carbocycles. The first-order chi connectivity index (χ1) is 9.24. The van der Waals surface area contributed by atoms with Gasteiger partial charge in [-0.1, -0.05) is 46.3 Å². The molecular formula is C16H18BrNO. The third-order valence-electron chi connectivity index (χ3n) is 3.22. The smallest absolute Gasteiger partial charge is 0.123 e. The zero-order valence-electron chi connectivity index (χ0n) is 11.2. The Morgan fingerprint density at radius 3 is 2.42 bits per heavy atom. The van der Waals surface area contributed by atoms with E-state index in [1.54, 1.807) is 7.11 Å². The molecule has 100 valence electrons. The molecule has 0 fully saturated rings. The van der Waals surface area contributed by atoms with E-state index in [-0.39, 0.29) is 6.04 Å². The monoisotopic (exact) mass is 319 g/mol. The minimum atomic E-state index is 0.248. The van der Waals surface area contributed by atoms with Gasteiger partial charge in [0.15, 0.2) is 0 Å². The molecular weight excluding hydrogens is 302 g/mol. The molecule has 19 heavy (non-hydrogen) atoms. The first kappa shape index (κ1) is 14.1.